The van der Waals surface area contributed by atoms with E-state index in [-0.39, 0.29) is 0 Å². The summed E-state index contributed by atoms with van der Waals surface area (Å²) < 4.78 is 0. The summed E-state index contributed by atoms with van der Waals surface area (Å²) in [6.07, 6.45) is 8.25. The smallest absolute Gasteiger partial charge is 0.00979 e. The Bertz CT molecular complexity index is 180. The van der Waals surface area contributed by atoms with Crippen LogP contribution >= 0.6 is 0 Å². The zero-order valence-electron chi connectivity index (χ0n) is 11.6. The zero-order valence-corrected chi connectivity index (χ0v) is 11.6. The van der Waals surface area contributed by atoms with Crippen LogP contribution in [0.1, 0.15) is 59.3 Å². The SMILES string of the molecule is CCCC1CCCCN1C(C)CC(C)NC. The lowest BCUT2D eigenvalue weighted by atomic mass is 9.95. The molecule has 0 bridgehead atoms. The summed E-state index contributed by atoms with van der Waals surface area (Å²) in [4.78, 5) is 2.76. The molecule has 0 aromatic heterocycles. The summed E-state index contributed by atoms with van der Waals surface area (Å²) in [5.74, 6) is 0. The Balaban J connectivity index is 2.46. The standard InChI is InChI=1S/C14H30N2/c1-5-8-14-9-6-7-10-16(14)13(3)11-12(2)15-4/h12-15H,5-11H2,1-4H3. The van der Waals surface area contributed by atoms with Crippen molar-refractivity contribution >= 4 is 0 Å². The van der Waals surface area contributed by atoms with Crippen LogP contribution < -0.4 is 5.32 Å². The maximum absolute atomic E-state index is 3.36. The van der Waals surface area contributed by atoms with E-state index in [0.29, 0.717) is 6.04 Å². The monoisotopic (exact) mass is 226 g/mol. The molecule has 1 rings (SSSR count). The number of hydrogen-bond acceptors (Lipinski definition) is 2. The van der Waals surface area contributed by atoms with Crippen molar-refractivity contribution in [1.29, 1.82) is 0 Å². The van der Waals surface area contributed by atoms with Crippen LogP contribution in [0.15, 0.2) is 0 Å². The lowest BCUT2D eigenvalue weighted by Gasteiger charge is -2.40. The van der Waals surface area contributed by atoms with Crippen LogP contribution in [-0.4, -0.2) is 36.6 Å². The van der Waals surface area contributed by atoms with E-state index in [2.05, 4.69) is 38.0 Å². The Kier molecular flexibility index (Phi) is 6.37. The van der Waals surface area contributed by atoms with E-state index in [9.17, 15) is 0 Å². The first-order chi connectivity index (χ1) is 7.69. The molecule has 0 aliphatic carbocycles. The molecule has 3 atom stereocenters. The van der Waals surface area contributed by atoms with Gasteiger partial charge in [-0.25, -0.2) is 0 Å². The van der Waals surface area contributed by atoms with Crippen LogP contribution in [0.4, 0.5) is 0 Å². The van der Waals surface area contributed by atoms with Crippen LogP contribution in [0.3, 0.4) is 0 Å². The molecule has 1 aliphatic heterocycles. The van der Waals surface area contributed by atoms with Crippen molar-refractivity contribution in [2.24, 2.45) is 0 Å². The van der Waals surface area contributed by atoms with E-state index in [1.54, 1.807) is 0 Å². The Labute approximate surface area is 102 Å². The molecule has 3 unspecified atom stereocenters. The maximum Gasteiger partial charge on any atom is 0.00979 e. The second-order valence-corrected chi connectivity index (χ2v) is 5.45. The molecule has 0 amide bonds. The Morgan fingerprint density at radius 3 is 2.69 bits per heavy atom. The second kappa shape index (κ2) is 7.29. The molecule has 16 heavy (non-hydrogen) atoms. The molecule has 0 saturated carbocycles. The number of nitrogens with zero attached hydrogens (tertiary/aromatic N) is 1. The van der Waals surface area contributed by atoms with Crippen LogP contribution in [-0.2, 0) is 0 Å². The molecular weight excluding hydrogens is 196 g/mol. The van der Waals surface area contributed by atoms with E-state index in [0.717, 1.165) is 12.1 Å². The van der Waals surface area contributed by atoms with Gasteiger partial charge in [0.2, 0.25) is 0 Å². The average Bonchev–Trinajstić information content (AvgIpc) is 2.30. The average molecular weight is 226 g/mol. The summed E-state index contributed by atoms with van der Waals surface area (Å²) in [6.45, 7) is 8.33. The molecule has 1 aliphatic rings. The zero-order chi connectivity index (χ0) is 12.0. The number of hydrogen-bond donors (Lipinski definition) is 1. The fraction of sp³-hybridized carbons (Fsp3) is 1.00. The summed E-state index contributed by atoms with van der Waals surface area (Å²) in [7, 11) is 2.07. The minimum Gasteiger partial charge on any atom is -0.317 e. The highest BCUT2D eigenvalue weighted by atomic mass is 15.2. The van der Waals surface area contributed by atoms with Crippen LogP contribution in [0.2, 0.25) is 0 Å². The first-order valence-electron chi connectivity index (χ1n) is 7.12. The molecule has 0 aromatic carbocycles. The summed E-state index contributed by atoms with van der Waals surface area (Å²) in [5.41, 5.74) is 0. The van der Waals surface area contributed by atoms with Gasteiger partial charge >= 0.3 is 0 Å². The number of nitrogens with one attached hydrogen (secondary N) is 1. The Morgan fingerprint density at radius 1 is 1.31 bits per heavy atom. The molecular formula is C14H30N2. The highest BCUT2D eigenvalue weighted by Gasteiger charge is 2.26. The van der Waals surface area contributed by atoms with Crippen molar-refractivity contribution in [3.05, 3.63) is 0 Å². The normalized spacial score (nSPS) is 26.6. The van der Waals surface area contributed by atoms with Crippen molar-refractivity contribution in [3.8, 4) is 0 Å². The number of rotatable bonds is 6. The molecule has 0 radical (unpaired) electrons. The first kappa shape index (κ1) is 14.0. The predicted octanol–water partition coefficient (Wildman–Crippen LogP) is 3.03. The molecule has 2 heteroatoms. The molecule has 2 nitrogen and oxygen atoms in total. The van der Waals surface area contributed by atoms with Gasteiger partial charge in [0, 0.05) is 18.1 Å². The molecule has 0 spiro atoms. The summed E-state index contributed by atoms with van der Waals surface area (Å²) in [6, 6.07) is 2.23. The fourth-order valence-electron chi connectivity index (χ4n) is 3.01. The molecule has 1 N–H and O–H groups in total. The van der Waals surface area contributed by atoms with Crippen LogP contribution in [0.25, 0.3) is 0 Å². The third-order valence-electron chi connectivity index (χ3n) is 4.05. The highest BCUT2D eigenvalue weighted by Crippen LogP contribution is 2.24. The summed E-state index contributed by atoms with van der Waals surface area (Å²) in [5, 5.41) is 3.36. The third kappa shape index (κ3) is 4.06. The van der Waals surface area contributed by atoms with E-state index >= 15 is 0 Å². The molecule has 1 fully saturated rings. The van der Waals surface area contributed by atoms with Gasteiger partial charge in [0.1, 0.15) is 0 Å². The highest BCUT2D eigenvalue weighted by molar-refractivity contribution is 4.82. The number of piperidine rings is 1. The van der Waals surface area contributed by atoms with Crippen molar-refractivity contribution in [3.63, 3.8) is 0 Å². The van der Waals surface area contributed by atoms with Crippen molar-refractivity contribution in [1.82, 2.24) is 10.2 Å². The van der Waals surface area contributed by atoms with Gasteiger partial charge in [-0.1, -0.05) is 19.8 Å². The van der Waals surface area contributed by atoms with Gasteiger partial charge in [0.05, 0.1) is 0 Å². The topological polar surface area (TPSA) is 15.3 Å². The van der Waals surface area contributed by atoms with Crippen LogP contribution in [0.5, 0.6) is 0 Å². The minimum absolute atomic E-state index is 0.638. The maximum atomic E-state index is 3.36. The van der Waals surface area contributed by atoms with Gasteiger partial charge in [-0.3, -0.25) is 4.90 Å². The largest absolute Gasteiger partial charge is 0.317 e. The first-order valence-corrected chi connectivity index (χ1v) is 7.12. The fourth-order valence-corrected chi connectivity index (χ4v) is 3.01. The minimum atomic E-state index is 0.638. The van der Waals surface area contributed by atoms with E-state index in [4.69, 9.17) is 0 Å². The number of likely N-dealkylation sites (tertiary alicyclic amines) is 1. The van der Waals surface area contributed by atoms with E-state index in [1.807, 2.05) is 0 Å². The summed E-state index contributed by atoms with van der Waals surface area (Å²) >= 11 is 0. The van der Waals surface area contributed by atoms with Crippen molar-refractivity contribution in [2.45, 2.75) is 77.4 Å². The van der Waals surface area contributed by atoms with Crippen LogP contribution in [0, 0.1) is 0 Å². The van der Waals surface area contributed by atoms with Gasteiger partial charge in [0.15, 0.2) is 0 Å². The van der Waals surface area contributed by atoms with Crippen molar-refractivity contribution < 1.29 is 0 Å². The van der Waals surface area contributed by atoms with Gasteiger partial charge in [-0.2, -0.15) is 0 Å². The predicted molar refractivity (Wildman–Crippen MR) is 71.9 cm³/mol. The van der Waals surface area contributed by atoms with Gasteiger partial charge in [-0.05, 0) is 53.1 Å². The Morgan fingerprint density at radius 2 is 2.06 bits per heavy atom. The lowest BCUT2D eigenvalue weighted by molar-refractivity contribution is 0.0875. The quantitative estimate of drug-likeness (QED) is 0.749. The Hall–Kier alpha value is -0.0800. The van der Waals surface area contributed by atoms with E-state index < -0.39 is 0 Å². The third-order valence-corrected chi connectivity index (χ3v) is 4.05. The van der Waals surface area contributed by atoms with Gasteiger partial charge in [-0.15, -0.1) is 0 Å². The molecule has 1 saturated heterocycles. The molecule has 0 aromatic rings. The van der Waals surface area contributed by atoms with Crippen molar-refractivity contribution in [2.75, 3.05) is 13.6 Å². The van der Waals surface area contributed by atoms with Gasteiger partial charge < -0.3 is 5.32 Å². The molecule has 1 heterocycles. The van der Waals surface area contributed by atoms with Gasteiger partial charge in [0.25, 0.3) is 0 Å². The van der Waals surface area contributed by atoms with E-state index in [1.165, 1.54) is 45.1 Å². The molecule has 96 valence electrons. The second-order valence-electron chi connectivity index (χ2n) is 5.45. The lowest BCUT2D eigenvalue weighted by Crippen LogP contribution is -2.46.